The smallest absolute Gasteiger partial charge is 0.256 e. The number of rotatable bonds is 0. The Morgan fingerprint density at radius 1 is 1.31 bits per heavy atom. The molecule has 16 heavy (non-hydrogen) atoms. The molecule has 1 aromatic heterocycles. The molecule has 2 nitrogen and oxygen atoms in total. The predicted octanol–water partition coefficient (Wildman–Crippen LogP) is 2.93. The fraction of sp³-hybridized carbons (Fsp3) is 0.0909. The molecule has 2 aromatic rings. The van der Waals surface area contributed by atoms with Gasteiger partial charge < -0.3 is 0 Å². The number of nitrogens with zero attached hydrogens (tertiary/aromatic N) is 2. The van der Waals surface area contributed by atoms with Crippen molar-refractivity contribution in [3.8, 4) is 6.07 Å². The van der Waals surface area contributed by atoms with Gasteiger partial charge in [0, 0.05) is 11.6 Å². The Morgan fingerprint density at radius 2 is 2.06 bits per heavy atom. The quantitative estimate of drug-likeness (QED) is 0.685. The molecule has 0 saturated carbocycles. The molecule has 1 heterocycles. The maximum Gasteiger partial charge on any atom is 0.418 e. The number of benzene rings is 1. The van der Waals surface area contributed by atoms with Crippen molar-refractivity contribution in [1.29, 1.82) is 5.26 Å². The monoisotopic (exact) mass is 221 g/mol. The summed E-state index contributed by atoms with van der Waals surface area (Å²) in [4.78, 5) is 3.67. The molecule has 2 rings (SSSR count). The number of pyridine rings is 1. The predicted molar refractivity (Wildman–Crippen MR) is 50.3 cm³/mol. The summed E-state index contributed by atoms with van der Waals surface area (Å²) in [7, 11) is 0. The molecule has 0 amide bonds. The van der Waals surface area contributed by atoms with Crippen LogP contribution in [0.4, 0.5) is 13.2 Å². The summed E-state index contributed by atoms with van der Waals surface area (Å²) in [5.74, 6) is 0. The van der Waals surface area contributed by atoms with E-state index in [-0.39, 0.29) is 16.5 Å². The summed E-state index contributed by atoms with van der Waals surface area (Å²) in [6.07, 6.45) is -3.30. The van der Waals surface area contributed by atoms with Gasteiger partial charge in [0.15, 0.2) is 0 Å². The Morgan fingerprint density at radius 3 is 2.69 bits per heavy atom. The first kappa shape index (κ1) is 10.4. The highest BCUT2D eigenvalue weighted by atomic mass is 19.4. The number of aromatic nitrogens is 1. The van der Waals surface area contributed by atoms with Crippen molar-refractivity contribution in [2.75, 3.05) is 0 Å². The van der Waals surface area contributed by atoms with Crippen molar-refractivity contribution in [3.05, 3.63) is 41.6 Å². The summed E-state index contributed by atoms with van der Waals surface area (Å²) in [6, 6.07) is 7.73. The molecule has 0 aliphatic carbocycles. The largest absolute Gasteiger partial charge is 0.418 e. The fourth-order valence-corrected chi connectivity index (χ4v) is 1.42. The Balaban J connectivity index is 2.86. The molecule has 0 aliphatic heterocycles. The zero-order valence-electron chi connectivity index (χ0n) is 7.84. The minimum atomic E-state index is -4.49. The van der Waals surface area contributed by atoms with Gasteiger partial charge >= 0.3 is 6.18 Å². The highest BCUT2D eigenvalue weighted by molar-refractivity contribution is 5.87. The third-order valence-electron chi connectivity index (χ3n) is 2.13. The van der Waals surface area contributed by atoms with Crippen molar-refractivity contribution in [2.24, 2.45) is 0 Å². The lowest BCUT2D eigenvalue weighted by atomic mass is 10.1. The Labute approximate surface area is 89.0 Å². The van der Waals surface area contributed by atoms with Crippen LogP contribution in [0.3, 0.4) is 0 Å². The van der Waals surface area contributed by atoms with E-state index in [0.29, 0.717) is 0 Å². The van der Waals surface area contributed by atoms with Crippen molar-refractivity contribution < 1.29 is 13.2 Å². The molecule has 0 fully saturated rings. The van der Waals surface area contributed by atoms with E-state index < -0.39 is 11.7 Å². The Kier molecular flexibility index (Phi) is 2.27. The molecule has 0 atom stereocenters. The van der Waals surface area contributed by atoms with Crippen molar-refractivity contribution in [1.82, 2.24) is 4.98 Å². The lowest BCUT2D eigenvalue weighted by Gasteiger charge is -2.09. The van der Waals surface area contributed by atoms with Gasteiger partial charge in [-0.25, -0.2) is 0 Å². The number of halogens is 3. The van der Waals surface area contributed by atoms with E-state index in [4.69, 9.17) is 5.26 Å². The summed E-state index contributed by atoms with van der Waals surface area (Å²) in [6.45, 7) is 0. The number of alkyl halides is 3. The van der Waals surface area contributed by atoms with Crippen LogP contribution in [0.2, 0.25) is 0 Å². The van der Waals surface area contributed by atoms with E-state index in [9.17, 15) is 13.2 Å². The first-order valence-electron chi connectivity index (χ1n) is 4.30. The van der Waals surface area contributed by atoms with E-state index in [1.54, 1.807) is 0 Å². The summed E-state index contributed by atoms with van der Waals surface area (Å²) < 4.78 is 37.8. The second kappa shape index (κ2) is 3.49. The molecule has 5 heteroatoms. The van der Waals surface area contributed by atoms with Crippen LogP contribution < -0.4 is 0 Å². The van der Waals surface area contributed by atoms with Crippen LogP contribution in [-0.2, 0) is 6.18 Å². The number of nitriles is 1. The summed E-state index contributed by atoms with van der Waals surface area (Å²) in [5, 5.41) is 8.92. The van der Waals surface area contributed by atoms with Gasteiger partial charge in [-0.2, -0.15) is 18.4 Å². The Hall–Kier alpha value is -2.09. The van der Waals surface area contributed by atoms with Crippen LogP contribution in [0.15, 0.2) is 24.4 Å². The van der Waals surface area contributed by atoms with Crippen LogP contribution in [-0.4, -0.2) is 4.98 Å². The van der Waals surface area contributed by atoms with Gasteiger partial charge in [0.25, 0.3) is 0 Å². The minimum absolute atomic E-state index is 0.160. The van der Waals surface area contributed by atoms with E-state index in [1.165, 1.54) is 18.3 Å². The van der Waals surface area contributed by atoms with Crippen LogP contribution >= 0.6 is 0 Å². The summed E-state index contributed by atoms with van der Waals surface area (Å²) in [5.41, 5.74) is -0.931. The van der Waals surface area contributed by atoms with Crippen LogP contribution in [0.1, 0.15) is 11.1 Å². The highest BCUT2D eigenvalue weighted by Gasteiger charge is 2.33. The maximum atomic E-state index is 12.6. The molecule has 79 valence electrons. The first-order chi connectivity index (χ1) is 7.54. The molecular formula is C11H4F3N2. The maximum absolute atomic E-state index is 12.6. The molecule has 0 aliphatic rings. The second-order valence-corrected chi connectivity index (χ2v) is 3.10. The van der Waals surface area contributed by atoms with E-state index in [1.807, 2.05) is 6.07 Å². The fourth-order valence-electron chi connectivity index (χ4n) is 1.42. The van der Waals surface area contributed by atoms with Crippen LogP contribution in [0.25, 0.3) is 10.9 Å². The normalized spacial score (nSPS) is 11.4. The van der Waals surface area contributed by atoms with Gasteiger partial charge in [-0.3, -0.25) is 4.98 Å². The topological polar surface area (TPSA) is 36.7 Å². The van der Waals surface area contributed by atoms with Gasteiger partial charge in [-0.15, -0.1) is 0 Å². The van der Waals surface area contributed by atoms with Gasteiger partial charge in [0.1, 0.15) is 0 Å². The molecule has 0 saturated heterocycles. The third kappa shape index (κ3) is 1.58. The van der Waals surface area contributed by atoms with Crippen LogP contribution in [0.5, 0.6) is 0 Å². The molecule has 1 aromatic carbocycles. The summed E-state index contributed by atoms with van der Waals surface area (Å²) >= 11 is 0. The standard InChI is InChI=1S/C11H4F3N2/c12-11(13,14)9-3-1-2-8-7(6-15)4-5-16-10(8)9/h2-5H. The first-order valence-corrected chi connectivity index (χ1v) is 4.30. The van der Waals surface area contributed by atoms with Crippen molar-refractivity contribution in [2.45, 2.75) is 6.18 Å². The average molecular weight is 221 g/mol. The van der Waals surface area contributed by atoms with Crippen molar-refractivity contribution in [3.63, 3.8) is 0 Å². The molecular weight excluding hydrogens is 217 g/mol. The highest BCUT2D eigenvalue weighted by Crippen LogP contribution is 2.34. The van der Waals surface area contributed by atoms with E-state index in [0.717, 1.165) is 6.07 Å². The SMILES string of the molecule is N#Cc1ccnc2c(C(F)(F)F)c[c]cc12. The lowest BCUT2D eigenvalue weighted by molar-refractivity contribution is -0.136. The lowest BCUT2D eigenvalue weighted by Crippen LogP contribution is -2.06. The minimum Gasteiger partial charge on any atom is -0.256 e. The zero-order valence-corrected chi connectivity index (χ0v) is 7.84. The molecule has 0 bridgehead atoms. The van der Waals surface area contributed by atoms with Gasteiger partial charge in [0.2, 0.25) is 0 Å². The van der Waals surface area contributed by atoms with Crippen molar-refractivity contribution >= 4 is 10.9 Å². The van der Waals surface area contributed by atoms with Gasteiger partial charge in [-0.05, 0) is 24.3 Å². The van der Waals surface area contributed by atoms with E-state index in [2.05, 4.69) is 11.1 Å². The van der Waals surface area contributed by atoms with E-state index >= 15 is 0 Å². The number of hydrogen-bond acceptors (Lipinski definition) is 2. The third-order valence-corrected chi connectivity index (χ3v) is 2.13. The Bertz CT molecular complexity index is 582. The number of hydrogen-bond donors (Lipinski definition) is 0. The average Bonchev–Trinajstić information content (AvgIpc) is 2.26. The molecule has 0 unspecified atom stereocenters. The molecule has 1 radical (unpaired) electrons. The number of fused-ring (bicyclic) bond motifs is 1. The molecule has 0 spiro atoms. The van der Waals surface area contributed by atoms with Gasteiger partial charge in [0.05, 0.1) is 22.7 Å². The van der Waals surface area contributed by atoms with Gasteiger partial charge in [-0.1, -0.05) is 0 Å². The zero-order chi connectivity index (χ0) is 11.8. The molecule has 0 N–H and O–H groups in total. The second-order valence-electron chi connectivity index (χ2n) is 3.10. The van der Waals surface area contributed by atoms with Crippen LogP contribution in [0, 0.1) is 17.4 Å².